The molecule has 0 N–H and O–H groups in total. The highest BCUT2D eigenvalue weighted by atomic mass is 35.5. The fourth-order valence-corrected chi connectivity index (χ4v) is 4.52. The summed E-state index contributed by atoms with van der Waals surface area (Å²) in [4.78, 5) is 21.8. The molecule has 1 saturated heterocycles. The van der Waals surface area contributed by atoms with Gasteiger partial charge in [0.05, 0.1) is 10.5 Å². The molecule has 8 heteroatoms. The first-order valence-electron chi connectivity index (χ1n) is 11.0. The van der Waals surface area contributed by atoms with Crippen LogP contribution < -0.4 is 4.90 Å². The van der Waals surface area contributed by atoms with Crippen LogP contribution in [0.1, 0.15) is 20.3 Å². The average Bonchev–Trinajstić information content (AvgIpc) is 3.09. The molecule has 0 aliphatic carbocycles. The normalized spacial score (nSPS) is 15.0. The van der Waals surface area contributed by atoms with Crippen molar-refractivity contribution in [2.75, 3.05) is 31.1 Å². The summed E-state index contributed by atoms with van der Waals surface area (Å²) >= 11 is 6.52. The summed E-state index contributed by atoms with van der Waals surface area (Å²) in [5.74, 6) is 1.64. The number of fused-ring (bicyclic) bond motifs is 3. The first kappa shape index (κ1) is 20.7. The van der Waals surface area contributed by atoms with Gasteiger partial charge >= 0.3 is 0 Å². The summed E-state index contributed by atoms with van der Waals surface area (Å²) in [5, 5.41) is 10.6. The number of nitrogens with zero attached hydrogens (tertiary/aromatic N) is 6. The summed E-state index contributed by atoms with van der Waals surface area (Å²) in [6.07, 6.45) is 0.873. The minimum absolute atomic E-state index is 0.00303. The molecule has 1 amide bonds. The van der Waals surface area contributed by atoms with E-state index in [-0.39, 0.29) is 11.8 Å². The molecule has 0 radical (unpaired) electrons. The molecule has 0 unspecified atom stereocenters. The first-order valence-corrected chi connectivity index (χ1v) is 11.3. The summed E-state index contributed by atoms with van der Waals surface area (Å²) < 4.78 is 2.00. The minimum Gasteiger partial charge on any atom is -0.341 e. The zero-order valence-corrected chi connectivity index (χ0v) is 19.0. The van der Waals surface area contributed by atoms with E-state index in [0.29, 0.717) is 23.9 Å². The molecule has 0 spiro atoms. The molecule has 0 saturated carbocycles. The van der Waals surface area contributed by atoms with Crippen LogP contribution in [0.15, 0.2) is 48.5 Å². The maximum absolute atomic E-state index is 12.6. The van der Waals surface area contributed by atoms with Crippen LogP contribution in [0, 0.1) is 5.92 Å². The van der Waals surface area contributed by atoms with Crippen LogP contribution in [-0.2, 0) is 4.79 Å². The van der Waals surface area contributed by atoms with Crippen molar-refractivity contribution in [3.8, 4) is 11.4 Å². The molecule has 3 heterocycles. The molecule has 0 bridgehead atoms. The smallest absolute Gasteiger partial charge is 0.225 e. The number of halogens is 1. The van der Waals surface area contributed by atoms with Gasteiger partial charge in [-0.15, -0.1) is 10.2 Å². The molecule has 1 aliphatic heterocycles. The minimum atomic E-state index is -0.00303. The maximum Gasteiger partial charge on any atom is 0.225 e. The predicted molar refractivity (Wildman–Crippen MR) is 127 cm³/mol. The van der Waals surface area contributed by atoms with Crippen molar-refractivity contribution < 1.29 is 4.79 Å². The van der Waals surface area contributed by atoms with Crippen LogP contribution in [0.25, 0.3) is 27.9 Å². The Morgan fingerprint density at radius 3 is 2.56 bits per heavy atom. The third-order valence-corrected chi connectivity index (χ3v) is 6.26. The number of benzene rings is 2. The van der Waals surface area contributed by atoms with Gasteiger partial charge in [-0.3, -0.25) is 4.79 Å². The van der Waals surface area contributed by atoms with Crippen molar-refractivity contribution in [2.24, 2.45) is 5.92 Å². The van der Waals surface area contributed by atoms with E-state index < -0.39 is 0 Å². The lowest BCUT2D eigenvalue weighted by molar-refractivity contribution is -0.134. The van der Waals surface area contributed by atoms with Gasteiger partial charge in [0.2, 0.25) is 11.9 Å². The largest absolute Gasteiger partial charge is 0.341 e. The molecule has 4 aromatic rings. The van der Waals surface area contributed by atoms with Gasteiger partial charge in [-0.1, -0.05) is 49.7 Å². The highest BCUT2D eigenvalue weighted by Crippen LogP contribution is 2.32. The molecule has 2 aromatic carbocycles. The van der Waals surface area contributed by atoms with Crippen LogP contribution >= 0.6 is 11.6 Å². The Morgan fingerprint density at radius 1 is 0.969 bits per heavy atom. The molecule has 0 atom stereocenters. The molecule has 7 nitrogen and oxygen atoms in total. The van der Waals surface area contributed by atoms with Gasteiger partial charge in [0.1, 0.15) is 0 Å². The van der Waals surface area contributed by atoms with E-state index in [0.717, 1.165) is 47.6 Å². The second-order valence-corrected chi connectivity index (χ2v) is 8.82. The topological polar surface area (TPSA) is 66.6 Å². The molecule has 2 aromatic heterocycles. The molecule has 32 heavy (non-hydrogen) atoms. The number of amides is 1. The van der Waals surface area contributed by atoms with Crippen molar-refractivity contribution in [3.05, 3.63) is 53.6 Å². The van der Waals surface area contributed by atoms with Gasteiger partial charge < -0.3 is 9.80 Å². The van der Waals surface area contributed by atoms with E-state index in [4.69, 9.17) is 16.6 Å². The fraction of sp³-hybridized carbons (Fsp3) is 0.333. The van der Waals surface area contributed by atoms with E-state index in [1.54, 1.807) is 0 Å². The van der Waals surface area contributed by atoms with Crippen molar-refractivity contribution in [3.63, 3.8) is 0 Å². The molecular weight excluding hydrogens is 424 g/mol. The van der Waals surface area contributed by atoms with Gasteiger partial charge in [-0.05, 0) is 30.7 Å². The number of carbonyl (C=O) groups is 1. The molecule has 164 valence electrons. The third-order valence-electron chi connectivity index (χ3n) is 5.93. The number of aromatic nitrogens is 4. The molecule has 1 aliphatic rings. The number of hydrogen-bond donors (Lipinski definition) is 0. The molecule has 5 rings (SSSR count). The Balaban J connectivity index is 1.65. The quantitative estimate of drug-likeness (QED) is 0.467. The van der Waals surface area contributed by atoms with Gasteiger partial charge in [-0.2, -0.15) is 0 Å². The highest BCUT2D eigenvalue weighted by Gasteiger charge is 2.25. The second kappa shape index (κ2) is 8.39. The summed E-state index contributed by atoms with van der Waals surface area (Å²) in [6.45, 7) is 6.81. The van der Waals surface area contributed by atoms with Gasteiger partial charge in [0.25, 0.3) is 0 Å². The van der Waals surface area contributed by atoms with Crippen LogP contribution in [0.2, 0.25) is 5.02 Å². The Kier molecular flexibility index (Phi) is 5.43. The van der Waals surface area contributed by atoms with E-state index >= 15 is 0 Å². The predicted octanol–water partition coefficient (Wildman–Crippen LogP) is 4.29. The van der Waals surface area contributed by atoms with Crippen molar-refractivity contribution in [1.29, 1.82) is 0 Å². The Bertz CT molecular complexity index is 1300. The summed E-state index contributed by atoms with van der Waals surface area (Å²) in [5.41, 5.74) is 2.43. The Morgan fingerprint density at radius 2 is 1.75 bits per heavy atom. The molecule has 1 fully saturated rings. The number of para-hydroxylation sites is 1. The monoisotopic (exact) mass is 448 g/mol. The van der Waals surface area contributed by atoms with Gasteiger partial charge in [0.15, 0.2) is 11.5 Å². The van der Waals surface area contributed by atoms with Crippen LogP contribution in [0.5, 0.6) is 0 Å². The number of carbonyl (C=O) groups excluding carboxylic acids is 1. The van der Waals surface area contributed by atoms with E-state index in [1.165, 1.54) is 0 Å². The average molecular weight is 449 g/mol. The van der Waals surface area contributed by atoms with E-state index in [1.807, 2.05) is 71.7 Å². The Labute approximate surface area is 191 Å². The van der Waals surface area contributed by atoms with E-state index in [2.05, 4.69) is 15.1 Å². The fourth-order valence-electron chi connectivity index (χ4n) is 4.30. The van der Waals surface area contributed by atoms with E-state index in [9.17, 15) is 4.79 Å². The van der Waals surface area contributed by atoms with Crippen LogP contribution in [-0.4, -0.2) is 56.6 Å². The lowest BCUT2D eigenvalue weighted by atomic mass is 10.2. The van der Waals surface area contributed by atoms with Gasteiger partial charge in [0, 0.05) is 43.0 Å². The first-order chi connectivity index (χ1) is 15.5. The number of rotatable bonds is 3. The highest BCUT2D eigenvalue weighted by molar-refractivity contribution is 6.33. The van der Waals surface area contributed by atoms with Gasteiger partial charge in [-0.25, -0.2) is 9.38 Å². The number of hydrogen-bond acceptors (Lipinski definition) is 5. The SMILES string of the molecule is CC(C)C(=O)N1CCCN(c2nc3ccccc3c3nnc(-c4ccccc4Cl)n23)CC1. The molecular formula is C24H25ClN6O. The second-order valence-electron chi connectivity index (χ2n) is 8.41. The van der Waals surface area contributed by atoms with Crippen LogP contribution in [0.3, 0.4) is 0 Å². The summed E-state index contributed by atoms with van der Waals surface area (Å²) in [7, 11) is 0. The zero-order chi connectivity index (χ0) is 22.2. The summed E-state index contributed by atoms with van der Waals surface area (Å²) in [6, 6.07) is 15.6. The third kappa shape index (κ3) is 3.56. The maximum atomic E-state index is 12.6. The van der Waals surface area contributed by atoms with Crippen molar-refractivity contribution in [2.45, 2.75) is 20.3 Å². The zero-order valence-electron chi connectivity index (χ0n) is 18.2. The van der Waals surface area contributed by atoms with Crippen molar-refractivity contribution >= 4 is 40.0 Å². The van der Waals surface area contributed by atoms with Crippen molar-refractivity contribution in [1.82, 2.24) is 24.5 Å². The lowest BCUT2D eigenvalue weighted by Gasteiger charge is -2.25. The number of anilines is 1. The lowest BCUT2D eigenvalue weighted by Crippen LogP contribution is -2.38. The Hall–Kier alpha value is -3.19. The standard InChI is InChI=1S/C24H25ClN6O/c1-16(2)23(32)29-12-7-13-30(15-14-29)24-26-20-11-6-4-9-18(20)22-28-27-21(31(22)24)17-8-3-5-10-19(17)25/h3-6,8-11,16H,7,12-15H2,1-2H3. The van der Waals surface area contributed by atoms with Crippen LogP contribution in [0.4, 0.5) is 5.95 Å².